The highest BCUT2D eigenvalue weighted by atomic mass is 35.5. The Balaban J connectivity index is 1.75. The van der Waals surface area contributed by atoms with Gasteiger partial charge in [-0.05, 0) is 30.7 Å². The maximum absolute atomic E-state index is 12.3. The smallest absolute Gasteiger partial charge is 0.240 e. The molecule has 1 aliphatic rings. The third kappa shape index (κ3) is 3.34. The second-order valence-electron chi connectivity index (χ2n) is 6.93. The monoisotopic (exact) mass is 393 g/mol. The highest BCUT2D eigenvalue weighted by Gasteiger charge is 2.33. The third-order valence-corrected chi connectivity index (χ3v) is 5.25. The fourth-order valence-corrected chi connectivity index (χ4v) is 3.81. The maximum atomic E-state index is 12.3. The van der Waals surface area contributed by atoms with Gasteiger partial charge >= 0.3 is 0 Å². The number of methoxy groups -OCH3 is 1. The molecule has 0 saturated heterocycles. The van der Waals surface area contributed by atoms with E-state index >= 15 is 0 Å². The van der Waals surface area contributed by atoms with Crippen molar-refractivity contribution in [3.8, 4) is 5.75 Å². The first-order valence-electron chi connectivity index (χ1n) is 9.05. The van der Waals surface area contributed by atoms with Crippen LogP contribution in [-0.2, 0) is 4.79 Å². The molecule has 0 spiro atoms. The van der Waals surface area contributed by atoms with Crippen LogP contribution in [0.3, 0.4) is 0 Å². The third-order valence-electron chi connectivity index (χ3n) is 4.95. The first-order chi connectivity index (χ1) is 13.5. The minimum absolute atomic E-state index is 0.126. The van der Waals surface area contributed by atoms with E-state index in [0.717, 1.165) is 39.1 Å². The number of aryl methyl sites for hydroxylation is 1. The zero-order valence-electron chi connectivity index (χ0n) is 15.9. The molecule has 1 amide bonds. The Morgan fingerprint density at radius 1 is 1.21 bits per heavy atom. The lowest BCUT2D eigenvalue weighted by Crippen LogP contribution is -2.24. The van der Waals surface area contributed by atoms with Crippen molar-refractivity contribution >= 4 is 34.1 Å². The van der Waals surface area contributed by atoms with Crippen molar-refractivity contribution in [2.75, 3.05) is 7.11 Å². The Morgan fingerprint density at radius 2 is 2.04 bits per heavy atom. The van der Waals surface area contributed by atoms with E-state index in [-0.39, 0.29) is 11.9 Å². The summed E-state index contributed by atoms with van der Waals surface area (Å²) >= 11 is 6.53. The molecule has 0 unspecified atom stereocenters. The van der Waals surface area contributed by atoms with E-state index in [4.69, 9.17) is 16.3 Å². The summed E-state index contributed by atoms with van der Waals surface area (Å²) in [5.74, 6) is 0.596. The summed E-state index contributed by atoms with van der Waals surface area (Å²) in [7, 11) is 1.62. The van der Waals surface area contributed by atoms with Crippen molar-refractivity contribution < 1.29 is 9.53 Å². The highest BCUT2D eigenvalue weighted by Crippen LogP contribution is 2.37. The first kappa shape index (κ1) is 18.4. The quantitative estimate of drug-likeness (QED) is 0.594. The predicted molar refractivity (Wildman–Crippen MR) is 111 cm³/mol. The summed E-state index contributed by atoms with van der Waals surface area (Å²) in [6.07, 6.45) is 0.589. The van der Waals surface area contributed by atoms with E-state index in [2.05, 4.69) is 16.2 Å². The van der Waals surface area contributed by atoms with Crippen molar-refractivity contribution in [3.05, 3.63) is 70.4 Å². The molecule has 0 saturated carbocycles. The van der Waals surface area contributed by atoms with Gasteiger partial charge in [-0.3, -0.25) is 4.79 Å². The second kappa shape index (κ2) is 7.24. The Hall–Kier alpha value is -2.92. The normalized spacial score (nSPS) is 16.4. The van der Waals surface area contributed by atoms with E-state index in [0.29, 0.717) is 11.6 Å². The minimum Gasteiger partial charge on any atom is -0.497 e. The number of benzene rings is 2. The van der Waals surface area contributed by atoms with Crippen LogP contribution in [0.1, 0.15) is 36.1 Å². The molecule has 6 heteroatoms. The Kier molecular flexibility index (Phi) is 4.77. The number of halogens is 1. The molecule has 1 aliphatic heterocycles. The summed E-state index contributed by atoms with van der Waals surface area (Å²) in [6.45, 7) is 3.56. The first-order valence-corrected chi connectivity index (χ1v) is 9.42. The molecular weight excluding hydrogens is 374 g/mol. The fraction of sp³-hybridized carbons (Fsp3) is 0.227. The molecule has 3 aromatic rings. The molecule has 0 fully saturated rings. The maximum Gasteiger partial charge on any atom is 0.240 e. The lowest BCUT2D eigenvalue weighted by Gasteiger charge is -2.21. The van der Waals surface area contributed by atoms with Crippen molar-refractivity contribution in [3.63, 3.8) is 0 Å². The van der Waals surface area contributed by atoms with Crippen LogP contribution in [0.15, 0.2) is 53.6 Å². The molecule has 0 bridgehead atoms. The predicted octanol–water partition coefficient (Wildman–Crippen LogP) is 4.90. The molecule has 0 aliphatic carbocycles. The standard InChI is InChI=1S/C22H20ClN3O2/c1-13-5-4-6-15(9-13)20-12-21(26(25-20)14(2)27)18-10-16-7-8-17(28-3)11-19(16)24-22(18)23/h4-11,21H,12H2,1-3H3/t21-/m0/s1. The van der Waals surface area contributed by atoms with E-state index in [1.54, 1.807) is 7.11 Å². The van der Waals surface area contributed by atoms with E-state index < -0.39 is 0 Å². The number of hydrogen-bond donors (Lipinski definition) is 0. The van der Waals surface area contributed by atoms with Gasteiger partial charge < -0.3 is 4.74 Å². The molecule has 5 nitrogen and oxygen atoms in total. The number of carbonyl (C=O) groups excluding carboxylic acids is 1. The van der Waals surface area contributed by atoms with Crippen LogP contribution < -0.4 is 4.74 Å². The van der Waals surface area contributed by atoms with Gasteiger partial charge in [0, 0.05) is 30.4 Å². The molecule has 0 N–H and O–H groups in total. The number of nitrogens with zero attached hydrogens (tertiary/aromatic N) is 3. The van der Waals surface area contributed by atoms with Crippen molar-refractivity contribution in [1.29, 1.82) is 0 Å². The molecule has 0 radical (unpaired) electrons. The summed E-state index contributed by atoms with van der Waals surface area (Å²) in [6, 6.07) is 15.5. The summed E-state index contributed by atoms with van der Waals surface area (Å²) in [5.41, 5.74) is 4.58. The molecule has 1 atom stereocenters. The Morgan fingerprint density at radius 3 is 2.75 bits per heavy atom. The van der Waals surface area contributed by atoms with Gasteiger partial charge in [0.1, 0.15) is 10.9 Å². The van der Waals surface area contributed by atoms with Gasteiger partial charge in [0.15, 0.2) is 0 Å². The van der Waals surface area contributed by atoms with Crippen molar-refractivity contribution in [2.45, 2.75) is 26.3 Å². The molecule has 28 heavy (non-hydrogen) atoms. The van der Waals surface area contributed by atoms with Crippen LogP contribution in [0, 0.1) is 6.92 Å². The van der Waals surface area contributed by atoms with E-state index in [9.17, 15) is 4.79 Å². The van der Waals surface area contributed by atoms with Gasteiger partial charge in [0.2, 0.25) is 5.91 Å². The minimum atomic E-state index is -0.278. The Labute approximate surface area is 168 Å². The van der Waals surface area contributed by atoms with Crippen LogP contribution in [0.2, 0.25) is 5.15 Å². The van der Waals surface area contributed by atoms with Crippen LogP contribution >= 0.6 is 11.6 Å². The second-order valence-corrected chi connectivity index (χ2v) is 7.28. The largest absolute Gasteiger partial charge is 0.497 e. The molecule has 2 aromatic carbocycles. The van der Waals surface area contributed by atoms with Crippen LogP contribution in [0.25, 0.3) is 10.9 Å². The number of aromatic nitrogens is 1. The fourth-order valence-electron chi connectivity index (χ4n) is 3.54. The van der Waals surface area contributed by atoms with Gasteiger partial charge in [-0.15, -0.1) is 0 Å². The van der Waals surface area contributed by atoms with Crippen LogP contribution in [-0.4, -0.2) is 28.7 Å². The average molecular weight is 394 g/mol. The number of ether oxygens (including phenoxy) is 1. The lowest BCUT2D eigenvalue weighted by molar-refractivity contribution is -0.130. The van der Waals surface area contributed by atoms with E-state index in [1.165, 1.54) is 11.9 Å². The number of pyridine rings is 1. The van der Waals surface area contributed by atoms with Crippen LogP contribution in [0.5, 0.6) is 5.75 Å². The molecule has 2 heterocycles. The Bertz CT molecular complexity index is 1110. The van der Waals surface area contributed by atoms with Gasteiger partial charge in [-0.2, -0.15) is 5.10 Å². The van der Waals surface area contributed by atoms with Gasteiger partial charge in [-0.25, -0.2) is 9.99 Å². The number of amides is 1. The average Bonchev–Trinajstić information content (AvgIpc) is 3.12. The molecule has 142 valence electrons. The molecule has 1 aromatic heterocycles. The highest BCUT2D eigenvalue weighted by molar-refractivity contribution is 6.30. The number of hydrazone groups is 1. The number of fused-ring (bicyclic) bond motifs is 1. The van der Waals surface area contributed by atoms with Gasteiger partial charge in [-0.1, -0.05) is 41.4 Å². The lowest BCUT2D eigenvalue weighted by atomic mass is 9.97. The zero-order valence-corrected chi connectivity index (χ0v) is 16.7. The summed E-state index contributed by atoms with van der Waals surface area (Å²) in [5, 5.41) is 7.42. The van der Waals surface area contributed by atoms with Crippen LogP contribution in [0.4, 0.5) is 0 Å². The number of carbonyl (C=O) groups is 1. The molecular formula is C22H20ClN3O2. The molecule has 4 rings (SSSR count). The number of rotatable bonds is 3. The SMILES string of the molecule is COc1ccc2cc([C@@H]3CC(c4cccc(C)c4)=NN3C(C)=O)c(Cl)nc2c1. The number of hydrogen-bond acceptors (Lipinski definition) is 4. The van der Waals surface area contributed by atoms with Gasteiger partial charge in [0.05, 0.1) is 24.4 Å². The van der Waals surface area contributed by atoms with E-state index in [1.807, 2.05) is 49.4 Å². The summed E-state index contributed by atoms with van der Waals surface area (Å²) in [4.78, 5) is 16.8. The van der Waals surface area contributed by atoms with Crippen molar-refractivity contribution in [2.24, 2.45) is 5.10 Å². The topological polar surface area (TPSA) is 54.8 Å². The van der Waals surface area contributed by atoms with Crippen molar-refractivity contribution in [1.82, 2.24) is 9.99 Å². The van der Waals surface area contributed by atoms with Gasteiger partial charge in [0.25, 0.3) is 0 Å². The zero-order chi connectivity index (χ0) is 19.8. The summed E-state index contributed by atoms with van der Waals surface area (Å²) < 4.78 is 5.26.